The summed E-state index contributed by atoms with van der Waals surface area (Å²) in [4.78, 5) is 24.9. The van der Waals surface area contributed by atoms with Crippen LogP contribution >= 0.6 is 0 Å². The molecule has 7 nitrogen and oxygen atoms in total. The van der Waals surface area contributed by atoms with E-state index in [0.29, 0.717) is 25.8 Å². The Kier molecular flexibility index (Phi) is 6.58. The molecule has 160 valence electrons. The number of nitrogens with one attached hydrogen (secondary N) is 2. The number of amides is 2. The van der Waals surface area contributed by atoms with Crippen LogP contribution in [0.1, 0.15) is 74.7 Å². The van der Waals surface area contributed by atoms with E-state index in [9.17, 15) is 9.59 Å². The predicted octanol–water partition coefficient (Wildman–Crippen LogP) is 2.44. The molecule has 0 radical (unpaired) electrons. The Balaban J connectivity index is 2.02. The van der Waals surface area contributed by atoms with Gasteiger partial charge in [-0.3, -0.25) is 9.59 Å². The molecule has 0 aromatic rings. The molecule has 28 heavy (non-hydrogen) atoms. The molecular weight excluding hydrogens is 359 g/mol. The number of carbonyl (C=O) groups excluding carboxylic acids is 2. The molecular formula is C20H37BN2O5. The van der Waals surface area contributed by atoms with E-state index in [4.69, 9.17) is 14.0 Å². The monoisotopic (exact) mass is 396 g/mol. The molecule has 2 rings (SSSR count). The third-order valence-electron chi connectivity index (χ3n) is 5.87. The maximum atomic E-state index is 13.1. The number of hydrogen-bond acceptors (Lipinski definition) is 5. The zero-order valence-electron chi connectivity index (χ0n) is 18.7. The molecule has 2 aliphatic rings. The molecule has 0 aromatic heterocycles. The lowest BCUT2D eigenvalue weighted by Gasteiger charge is -2.36. The predicted molar refractivity (Wildman–Crippen MR) is 109 cm³/mol. The second kappa shape index (κ2) is 7.96. The molecule has 2 saturated heterocycles. The highest BCUT2D eigenvalue weighted by molar-refractivity contribution is 6.45. The first-order valence-electron chi connectivity index (χ1n) is 10.3. The van der Waals surface area contributed by atoms with Crippen LogP contribution in [-0.2, 0) is 23.6 Å². The Labute approximate surface area is 169 Å². The van der Waals surface area contributed by atoms with Crippen molar-refractivity contribution in [1.29, 1.82) is 0 Å². The van der Waals surface area contributed by atoms with Crippen LogP contribution in [-0.4, -0.2) is 53.9 Å². The Morgan fingerprint density at radius 1 is 1.11 bits per heavy atom. The van der Waals surface area contributed by atoms with Crippen LogP contribution in [0, 0.1) is 0 Å². The van der Waals surface area contributed by atoms with E-state index in [-0.39, 0.29) is 36.2 Å². The summed E-state index contributed by atoms with van der Waals surface area (Å²) in [5.41, 5.74) is -2.13. The molecule has 0 aromatic carbocycles. The second-order valence-electron chi connectivity index (χ2n) is 10.1. The van der Waals surface area contributed by atoms with Gasteiger partial charge in [0.1, 0.15) is 5.54 Å². The van der Waals surface area contributed by atoms with E-state index >= 15 is 0 Å². The minimum absolute atomic E-state index is 0.187. The molecule has 2 N–H and O–H groups in total. The highest BCUT2D eigenvalue weighted by atomic mass is 16.7. The molecule has 2 atom stereocenters. The molecule has 2 fully saturated rings. The minimum atomic E-state index is -1.03. The smallest absolute Gasteiger partial charge is 0.403 e. The van der Waals surface area contributed by atoms with E-state index in [1.54, 1.807) is 0 Å². The van der Waals surface area contributed by atoms with Crippen LogP contribution in [0.25, 0.3) is 0 Å². The average molecular weight is 396 g/mol. The zero-order valence-corrected chi connectivity index (χ0v) is 18.7. The van der Waals surface area contributed by atoms with Gasteiger partial charge in [-0.2, -0.15) is 0 Å². The molecule has 2 amide bonds. The summed E-state index contributed by atoms with van der Waals surface area (Å²) in [5.74, 6) is -0.418. The van der Waals surface area contributed by atoms with Gasteiger partial charge < -0.3 is 24.7 Å². The first kappa shape index (κ1) is 23.2. The quantitative estimate of drug-likeness (QED) is 0.674. The fraction of sp³-hybridized carbons (Fsp3) is 0.900. The van der Waals surface area contributed by atoms with Crippen molar-refractivity contribution in [3.63, 3.8) is 0 Å². The summed E-state index contributed by atoms with van der Waals surface area (Å²) < 4.78 is 18.0. The van der Waals surface area contributed by atoms with Crippen LogP contribution in [0.2, 0.25) is 6.32 Å². The standard InChI is InChI=1S/C20H37BN2O5/c1-14(24)22-20(16(25)23-17(2,3)4)11-13-26-15(20)10-9-12-21-27-18(5,6)19(7,8)28-21/h15H,9-13H2,1-8H3,(H,22,24)(H,23,25)/t15-,20-/m0/s1. The maximum Gasteiger partial charge on any atom is 0.457 e. The van der Waals surface area contributed by atoms with Crippen LogP contribution in [0.3, 0.4) is 0 Å². The van der Waals surface area contributed by atoms with Crippen LogP contribution in [0.15, 0.2) is 0 Å². The zero-order chi connectivity index (χ0) is 21.4. The van der Waals surface area contributed by atoms with Gasteiger partial charge in [0, 0.05) is 25.5 Å². The van der Waals surface area contributed by atoms with E-state index in [0.717, 1.165) is 6.42 Å². The summed E-state index contributed by atoms with van der Waals surface area (Å²) in [7, 11) is -0.273. The number of ether oxygens (including phenoxy) is 1. The van der Waals surface area contributed by atoms with Crippen molar-refractivity contribution in [2.24, 2.45) is 0 Å². The lowest BCUT2D eigenvalue weighted by molar-refractivity contribution is -0.136. The fourth-order valence-electron chi connectivity index (χ4n) is 3.77. The summed E-state index contributed by atoms with van der Waals surface area (Å²) in [5, 5.41) is 5.90. The minimum Gasteiger partial charge on any atom is -0.403 e. The lowest BCUT2D eigenvalue weighted by Crippen LogP contribution is -2.65. The van der Waals surface area contributed by atoms with Gasteiger partial charge in [0.2, 0.25) is 11.8 Å². The average Bonchev–Trinajstić information content (AvgIpc) is 2.96. The highest BCUT2D eigenvalue weighted by Crippen LogP contribution is 2.38. The third kappa shape index (κ3) is 5.08. The first-order chi connectivity index (χ1) is 12.7. The van der Waals surface area contributed by atoms with Crippen LogP contribution < -0.4 is 10.6 Å². The molecule has 8 heteroatoms. The number of carbonyl (C=O) groups is 2. The van der Waals surface area contributed by atoms with Gasteiger partial charge in [0.25, 0.3) is 0 Å². The largest absolute Gasteiger partial charge is 0.457 e. The molecule has 0 spiro atoms. The van der Waals surface area contributed by atoms with E-state index in [1.165, 1.54) is 6.92 Å². The Morgan fingerprint density at radius 2 is 1.68 bits per heavy atom. The topological polar surface area (TPSA) is 85.9 Å². The molecule has 0 aliphatic carbocycles. The number of hydrogen-bond donors (Lipinski definition) is 2. The lowest BCUT2D eigenvalue weighted by atomic mass is 9.79. The molecule has 0 bridgehead atoms. The maximum absolute atomic E-state index is 13.1. The van der Waals surface area contributed by atoms with Crippen molar-refractivity contribution in [1.82, 2.24) is 10.6 Å². The van der Waals surface area contributed by atoms with E-state index < -0.39 is 11.1 Å². The van der Waals surface area contributed by atoms with Gasteiger partial charge in [-0.05, 0) is 61.2 Å². The molecule has 0 saturated carbocycles. The van der Waals surface area contributed by atoms with Gasteiger partial charge in [-0.25, -0.2) is 0 Å². The highest BCUT2D eigenvalue weighted by Gasteiger charge is 2.53. The molecule has 2 heterocycles. The summed E-state index contributed by atoms with van der Waals surface area (Å²) in [6.45, 7) is 15.8. The SMILES string of the molecule is CC(=O)N[C@@]1(C(=O)NC(C)(C)C)CCO[C@H]1CCCB1OC(C)(C)C(C)(C)O1. The Morgan fingerprint density at radius 3 is 2.18 bits per heavy atom. The van der Waals surface area contributed by atoms with Crippen molar-refractivity contribution >= 4 is 18.9 Å². The van der Waals surface area contributed by atoms with Gasteiger partial charge in [0.05, 0.1) is 17.3 Å². The van der Waals surface area contributed by atoms with Gasteiger partial charge in [0.15, 0.2) is 0 Å². The van der Waals surface area contributed by atoms with Gasteiger partial charge in [-0.1, -0.05) is 6.42 Å². The Hall–Kier alpha value is -1.12. The summed E-state index contributed by atoms with van der Waals surface area (Å²) in [6, 6.07) is 0. The number of rotatable bonds is 6. The van der Waals surface area contributed by atoms with Crippen LogP contribution in [0.4, 0.5) is 0 Å². The molecule has 0 unspecified atom stereocenters. The third-order valence-corrected chi connectivity index (χ3v) is 5.87. The van der Waals surface area contributed by atoms with Crippen molar-refractivity contribution in [3.8, 4) is 0 Å². The molecule has 2 aliphatic heterocycles. The van der Waals surface area contributed by atoms with Crippen molar-refractivity contribution in [3.05, 3.63) is 0 Å². The Bertz CT molecular complexity index is 586. The van der Waals surface area contributed by atoms with Crippen LogP contribution in [0.5, 0.6) is 0 Å². The first-order valence-corrected chi connectivity index (χ1v) is 10.3. The van der Waals surface area contributed by atoms with Crippen molar-refractivity contribution in [2.75, 3.05) is 6.61 Å². The normalized spacial score (nSPS) is 29.0. The van der Waals surface area contributed by atoms with Gasteiger partial charge in [-0.15, -0.1) is 0 Å². The summed E-state index contributed by atoms with van der Waals surface area (Å²) in [6.07, 6.45) is 2.22. The van der Waals surface area contributed by atoms with E-state index in [2.05, 4.69) is 10.6 Å². The van der Waals surface area contributed by atoms with Crippen molar-refractivity contribution in [2.45, 2.75) is 109 Å². The van der Waals surface area contributed by atoms with E-state index in [1.807, 2.05) is 48.5 Å². The van der Waals surface area contributed by atoms with Gasteiger partial charge >= 0.3 is 7.12 Å². The van der Waals surface area contributed by atoms with Crippen molar-refractivity contribution < 1.29 is 23.6 Å². The second-order valence-corrected chi connectivity index (χ2v) is 10.1. The summed E-state index contributed by atoms with van der Waals surface area (Å²) >= 11 is 0. The fourth-order valence-corrected chi connectivity index (χ4v) is 3.77.